The van der Waals surface area contributed by atoms with Crippen molar-refractivity contribution in [2.45, 2.75) is 17.4 Å². The Bertz CT molecular complexity index is 1650. The van der Waals surface area contributed by atoms with Gasteiger partial charge in [-0.05, 0) is 0 Å². The van der Waals surface area contributed by atoms with Crippen molar-refractivity contribution in [2.75, 3.05) is 11.5 Å². The van der Waals surface area contributed by atoms with Crippen LogP contribution in [0.1, 0.15) is 28.9 Å². The lowest BCUT2D eigenvalue weighted by atomic mass is 9.80. The summed E-state index contributed by atoms with van der Waals surface area (Å²) in [6.45, 7) is 0. The number of anilines is 1. The number of carbonyl (C=O) groups is 3. The summed E-state index contributed by atoms with van der Waals surface area (Å²) in [6.07, 6.45) is 0.242. The van der Waals surface area contributed by atoms with Gasteiger partial charge in [-0.2, -0.15) is 9.36 Å². The van der Waals surface area contributed by atoms with E-state index in [0.717, 1.165) is 28.2 Å². The largest absolute Gasteiger partial charge is 0.477 e. The van der Waals surface area contributed by atoms with Gasteiger partial charge in [-0.15, -0.1) is 11.8 Å². The normalized spacial score (nSPS) is 16.7. The molecule has 0 saturated carbocycles. The number of carboxylic acids is 1. The predicted molar refractivity (Wildman–Crippen MR) is 162 cm³/mol. The van der Waals surface area contributed by atoms with Crippen LogP contribution in [0.5, 0.6) is 0 Å². The van der Waals surface area contributed by atoms with E-state index in [9.17, 15) is 19.5 Å². The Morgan fingerprint density at radius 3 is 2.00 bits per heavy atom. The molecule has 1 atom stereocenters. The van der Waals surface area contributed by atoms with Crippen LogP contribution in [-0.2, 0) is 24.8 Å². The first-order valence-corrected chi connectivity index (χ1v) is 14.9. The zero-order valence-corrected chi connectivity index (χ0v) is 24.0. The van der Waals surface area contributed by atoms with Crippen LogP contribution in [-0.4, -0.2) is 54.0 Å². The third-order valence-corrected chi connectivity index (χ3v) is 8.76. The molecule has 0 aliphatic carbocycles. The molecule has 3 heterocycles. The van der Waals surface area contributed by atoms with Crippen LogP contribution in [0.2, 0.25) is 0 Å². The lowest BCUT2D eigenvalue weighted by Crippen LogP contribution is -2.55. The molecule has 0 radical (unpaired) electrons. The Morgan fingerprint density at radius 2 is 1.53 bits per heavy atom. The molecule has 1 fully saturated rings. The van der Waals surface area contributed by atoms with E-state index in [2.05, 4.69) is 19.8 Å². The van der Waals surface area contributed by atoms with Crippen LogP contribution in [0.25, 0.3) is 0 Å². The van der Waals surface area contributed by atoms with Gasteiger partial charge in [0, 0.05) is 34.0 Å². The summed E-state index contributed by atoms with van der Waals surface area (Å²) in [7, 11) is 0. The Hall–Kier alpha value is -5.01. The molecule has 13 heteroatoms. The second kappa shape index (κ2) is 11.7. The number of nitrogens with zero attached hydrogens (tertiary/aromatic N) is 4. The summed E-state index contributed by atoms with van der Waals surface area (Å²) < 4.78 is 4.19. The number of benzene rings is 3. The van der Waals surface area contributed by atoms with E-state index in [1.807, 2.05) is 91.0 Å². The maximum absolute atomic E-state index is 13.8. The van der Waals surface area contributed by atoms with Crippen molar-refractivity contribution >= 4 is 51.9 Å². The molecule has 1 unspecified atom stereocenters. The number of hydrogen-bond donors (Lipinski definition) is 3. The summed E-state index contributed by atoms with van der Waals surface area (Å²) in [4.78, 5) is 50.0. The number of nitrogens with one attached hydrogen (secondary N) is 1. The number of nitrogen functional groups attached to an aromatic ring is 1. The quantitative estimate of drug-likeness (QED) is 0.111. The van der Waals surface area contributed by atoms with Crippen molar-refractivity contribution < 1.29 is 24.3 Å². The molecule has 11 nitrogen and oxygen atoms in total. The summed E-state index contributed by atoms with van der Waals surface area (Å²) in [6, 6.07) is 28.3. The molecular weight excluding hydrogens is 589 g/mol. The van der Waals surface area contributed by atoms with Gasteiger partial charge in [0.2, 0.25) is 23.0 Å². The highest BCUT2D eigenvalue weighted by Crippen LogP contribution is 2.41. The molecule has 2 aliphatic rings. The van der Waals surface area contributed by atoms with Crippen LogP contribution in [0.3, 0.4) is 0 Å². The summed E-state index contributed by atoms with van der Waals surface area (Å²) in [5, 5.41) is 16.7. The number of thioether (sulfide) groups is 1. The molecule has 43 heavy (non-hydrogen) atoms. The highest BCUT2D eigenvalue weighted by molar-refractivity contribution is 8.00. The summed E-state index contributed by atoms with van der Waals surface area (Å²) >= 11 is 2.23. The molecular formula is C30H24N6O5S2. The highest BCUT2D eigenvalue weighted by atomic mass is 32.2. The summed E-state index contributed by atoms with van der Waals surface area (Å²) in [5.41, 5.74) is 6.24. The Morgan fingerprint density at radius 1 is 0.977 bits per heavy atom. The number of carboxylic acid groups (broad SMARTS) is 1. The number of aliphatic carboxylic acids is 1. The predicted octanol–water partition coefficient (Wildman–Crippen LogP) is 3.55. The molecule has 4 aromatic rings. The van der Waals surface area contributed by atoms with Gasteiger partial charge in [-0.3, -0.25) is 14.5 Å². The second-order valence-corrected chi connectivity index (χ2v) is 11.5. The van der Waals surface area contributed by atoms with E-state index in [0.29, 0.717) is 0 Å². The van der Waals surface area contributed by atoms with E-state index in [4.69, 9.17) is 10.6 Å². The van der Waals surface area contributed by atoms with Gasteiger partial charge in [0.05, 0.1) is 17.5 Å². The summed E-state index contributed by atoms with van der Waals surface area (Å²) in [5.74, 6) is -2.39. The van der Waals surface area contributed by atoms with E-state index in [1.54, 1.807) is 0 Å². The van der Waals surface area contributed by atoms with Gasteiger partial charge in [-0.1, -0.05) is 96.2 Å². The molecule has 1 saturated heterocycles. The Balaban J connectivity index is 1.47. The van der Waals surface area contributed by atoms with Gasteiger partial charge >= 0.3 is 5.97 Å². The van der Waals surface area contributed by atoms with Gasteiger partial charge in [0.15, 0.2) is 10.8 Å². The average molecular weight is 613 g/mol. The van der Waals surface area contributed by atoms with E-state index in [1.165, 1.54) is 16.7 Å². The lowest BCUT2D eigenvalue weighted by Gasteiger charge is -2.43. The maximum atomic E-state index is 13.8. The Labute approximate surface area is 254 Å². The van der Waals surface area contributed by atoms with Gasteiger partial charge in [-0.25, -0.2) is 4.79 Å². The van der Waals surface area contributed by atoms with Crippen molar-refractivity contribution in [1.29, 1.82) is 0 Å². The SMILES string of the molecule is Nc1nc(C(=NOC(c2ccccc2)(c2ccccc2)c2ccccc2)C(=O)NC2=C(C(=O)O)N3C(=O)CC3SC2)ns1. The number of oxime groups is 1. The van der Waals surface area contributed by atoms with Crippen LogP contribution in [0, 0.1) is 0 Å². The fraction of sp³-hybridized carbons (Fsp3) is 0.133. The topological polar surface area (TPSA) is 160 Å². The van der Waals surface area contributed by atoms with Crippen molar-refractivity contribution in [3.8, 4) is 0 Å². The molecule has 0 bridgehead atoms. The molecule has 0 spiro atoms. The third kappa shape index (κ3) is 5.24. The minimum absolute atomic E-state index is 0.0585. The Kier molecular flexibility index (Phi) is 7.65. The van der Waals surface area contributed by atoms with Gasteiger partial charge in [0.25, 0.3) is 5.91 Å². The van der Waals surface area contributed by atoms with Crippen molar-refractivity contribution in [1.82, 2.24) is 19.6 Å². The molecule has 1 aromatic heterocycles. The first kappa shape index (κ1) is 28.1. The third-order valence-electron chi connectivity index (χ3n) is 7.00. The standard InChI is InChI=1S/C30H24N6O5S2/c31-29-33-26(35-43-29)24(27(38)32-21-17-42-23-16-22(37)36(23)25(21)28(39)40)34-41-30(18-10-4-1-5-11-18,19-12-6-2-7-13-19)20-14-8-3-9-15-20/h1-15,23H,16-17H2,(H,32,38)(H,39,40)(H2,31,33,35). The van der Waals surface area contributed by atoms with Crippen molar-refractivity contribution in [3.05, 3.63) is 125 Å². The first-order chi connectivity index (χ1) is 20.9. The van der Waals surface area contributed by atoms with E-state index >= 15 is 0 Å². The van der Waals surface area contributed by atoms with Crippen LogP contribution < -0.4 is 11.1 Å². The number of amides is 2. The molecule has 6 rings (SSSR count). The zero-order valence-electron chi connectivity index (χ0n) is 22.4. The fourth-order valence-corrected chi connectivity index (χ4v) is 6.65. The minimum Gasteiger partial charge on any atom is -0.477 e. The fourth-order valence-electron chi connectivity index (χ4n) is 5.01. The molecule has 3 aromatic carbocycles. The molecule has 216 valence electrons. The van der Waals surface area contributed by atoms with Crippen molar-refractivity contribution in [2.24, 2.45) is 5.16 Å². The molecule has 2 aliphatic heterocycles. The van der Waals surface area contributed by atoms with E-state index in [-0.39, 0.29) is 51.5 Å². The monoisotopic (exact) mass is 612 g/mol. The smallest absolute Gasteiger partial charge is 0.354 e. The number of carbonyl (C=O) groups excluding carboxylic acids is 2. The first-order valence-electron chi connectivity index (χ1n) is 13.1. The van der Waals surface area contributed by atoms with Crippen LogP contribution in [0.15, 0.2) is 108 Å². The van der Waals surface area contributed by atoms with E-state index < -0.39 is 17.5 Å². The van der Waals surface area contributed by atoms with Crippen LogP contribution >= 0.6 is 23.3 Å². The average Bonchev–Trinajstić information content (AvgIpc) is 3.46. The molecule has 4 N–H and O–H groups in total. The second-order valence-electron chi connectivity index (χ2n) is 9.59. The highest BCUT2D eigenvalue weighted by Gasteiger charge is 2.46. The van der Waals surface area contributed by atoms with Crippen LogP contribution in [0.4, 0.5) is 5.13 Å². The number of nitrogens with two attached hydrogens (primary N) is 1. The molecule has 2 amide bonds. The zero-order chi connectivity index (χ0) is 30.0. The maximum Gasteiger partial charge on any atom is 0.354 e. The lowest BCUT2D eigenvalue weighted by molar-refractivity contribution is -0.146. The van der Waals surface area contributed by atoms with Gasteiger partial charge in [0.1, 0.15) is 0 Å². The number of hydrogen-bond acceptors (Lipinski definition) is 10. The number of β-lactam (4-membered cyclic amide) rings is 1. The van der Waals surface area contributed by atoms with Crippen molar-refractivity contribution in [3.63, 3.8) is 0 Å². The minimum atomic E-state index is -1.32. The number of fused-ring (bicyclic) bond motifs is 1. The number of rotatable bonds is 9. The number of aromatic nitrogens is 2. The van der Waals surface area contributed by atoms with Gasteiger partial charge < -0.3 is 21.0 Å².